The first-order valence-corrected chi connectivity index (χ1v) is 16.9. The summed E-state index contributed by atoms with van der Waals surface area (Å²) in [7, 11) is 5.11. The van der Waals surface area contributed by atoms with E-state index in [1.165, 1.54) is 6.07 Å². The van der Waals surface area contributed by atoms with Gasteiger partial charge in [0.15, 0.2) is 0 Å². The van der Waals surface area contributed by atoms with Gasteiger partial charge in [0.25, 0.3) is 0 Å². The molecule has 3 heterocycles. The molecule has 3 aliphatic rings. The number of amides is 2. The summed E-state index contributed by atoms with van der Waals surface area (Å²) in [6.07, 6.45) is -1.29. The molecule has 0 spiro atoms. The first-order chi connectivity index (χ1) is 22.8. The average molecular weight is 673 g/mol. The number of methoxy groups -OCH3 is 1. The van der Waals surface area contributed by atoms with Crippen LogP contribution >= 0.6 is 0 Å². The van der Waals surface area contributed by atoms with Gasteiger partial charge in [0.1, 0.15) is 5.75 Å². The molecule has 0 radical (unpaired) electrons. The number of hydrogen-bond acceptors (Lipinski definition) is 6. The topological polar surface area (TPSA) is 93.6 Å². The lowest BCUT2D eigenvalue weighted by Gasteiger charge is -2.38. The normalized spacial score (nSPS) is 21.4. The van der Waals surface area contributed by atoms with Crippen LogP contribution in [0.4, 0.5) is 18.9 Å². The molecule has 5 rings (SSSR count). The molecule has 3 saturated heterocycles. The average Bonchev–Trinajstić information content (AvgIpc) is 3.51. The molecule has 9 nitrogen and oxygen atoms in total. The number of likely N-dealkylation sites (tertiary alicyclic amines) is 2. The molecule has 3 aliphatic heterocycles. The van der Waals surface area contributed by atoms with E-state index in [1.807, 2.05) is 34.1 Å². The summed E-state index contributed by atoms with van der Waals surface area (Å²) in [5.41, 5.74) is 1.71. The molecule has 3 fully saturated rings. The molecule has 0 bridgehead atoms. The Labute approximate surface area is 280 Å². The van der Waals surface area contributed by atoms with Crippen molar-refractivity contribution in [2.45, 2.75) is 56.5 Å². The molecule has 48 heavy (non-hydrogen) atoms. The van der Waals surface area contributed by atoms with Crippen LogP contribution in [0.25, 0.3) is 0 Å². The molecular formula is C36H47F3N4O5. The summed E-state index contributed by atoms with van der Waals surface area (Å²) in [5.74, 6) is -0.724. The molecule has 12 heteroatoms. The van der Waals surface area contributed by atoms with E-state index in [0.717, 1.165) is 29.5 Å². The third kappa shape index (κ3) is 8.25. The van der Waals surface area contributed by atoms with Crippen molar-refractivity contribution in [1.29, 1.82) is 0 Å². The molecule has 0 aliphatic carbocycles. The number of alkyl halides is 3. The molecule has 0 unspecified atom stereocenters. The lowest BCUT2D eigenvalue weighted by molar-refractivity contribution is -0.142. The maximum atomic E-state index is 14.2. The van der Waals surface area contributed by atoms with E-state index in [4.69, 9.17) is 4.74 Å². The Hall–Kier alpha value is -3.80. The molecule has 0 saturated carbocycles. The zero-order chi connectivity index (χ0) is 34.6. The van der Waals surface area contributed by atoms with Crippen LogP contribution in [0.5, 0.6) is 5.75 Å². The number of piperidine rings is 2. The summed E-state index contributed by atoms with van der Waals surface area (Å²) in [5, 5.41) is 9.42. The number of carbonyl (C=O) groups is 3. The number of ether oxygens (including phenoxy) is 1. The number of benzene rings is 2. The third-order valence-electron chi connectivity index (χ3n) is 10.4. The van der Waals surface area contributed by atoms with Gasteiger partial charge in [-0.15, -0.1) is 0 Å². The Morgan fingerprint density at radius 3 is 2.19 bits per heavy atom. The van der Waals surface area contributed by atoms with Gasteiger partial charge in [0.2, 0.25) is 11.8 Å². The van der Waals surface area contributed by atoms with Crippen molar-refractivity contribution in [3.05, 3.63) is 59.2 Å². The van der Waals surface area contributed by atoms with Crippen LogP contribution in [-0.4, -0.2) is 105 Å². The molecule has 2 aromatic carbocycles. The molecular weight excluding hydrogens is 625 g/mol. The lowest BCUT2D eigenvalue weighted by atomic mass is 9.84. The number of carbonyl (C=O) groups excluding carboxylic acids is 2. The SMILES string of the molecule is COc1ccc([C@@H]2CN(CCCC(=O)N(C)C)C[C@H]2C(=O)N2CCC(c3ccc(C(F)(F)F)cc3N3CCC(C(=O)O)CC3)CC2)cc1. The van der Waals surface area contributed by atoms with Crippen molar-refractivity contribution in [2.24, 2.45) is 11.8 Å². The summed E-state index contributed by atoms with van der Waals surface area (Å²) in [4.78, 5) is 45.5. The second-order valence-electron chi connectivity index (χ2n) is 13.6. The van der Waals surface area contributed by atoms with E-state index in [1.54, 1.807) is 32.2 Å². The van der Waals surface area contributed by atoms with Crippen LogP contribution in [0.1, 0.15) is 67.1 Å². The predicted octanol–water partition coefficient (Wildman–Crippen LogP) is 5.31. The van der Waals surface area contributed by atoms with Crippen molar-refractivity contribution in [3.63, 3.8) is 0 Å². The minimum Gasteiger partial charge on any atom is -0.497 e. The number of hydrogen-bond donors (Lipinski definition) is 1. The zero-order valence-electron chi connectivity index (χ0n) is 28.0. The fraction of sp³-hybridized carbons (Fsp3) is 0.583. The van der Waals surface area contributed by atoms with Gasteiger partial charge >= 0.3 is 12.1 Å². The van der Waals surface area contributed by atoms with E-state index in [-0.39, 0.29) is 29.6 Å². The maximum absolute atomic E-state index is 14.2. The number of carboxylic acid groups (broad SMARTS) is 1. The fourth-order valence-electron chi connectivity index (χ4n) is 7.54. The second kappa shape index (κ2) is 15.2. The number of anilines is 1. The van der Waals surface area contributed by atoms with Crippen molar-refractivity contribution in [3.8, 4) is 5.75 Å². The highest BCUT2D eigenvalue weighted by atomic mass is 19.4. The van der Waals surface area contributed by atoms with Gasteiger partial charge in [0.05, 0.1) is 24.5 Å². The smallest absolute Gasteiger partial charge is 0.416 e. The number of halogens is 3. The van der Waals surface area contributed by atoms with Crippen LogP contribution in [0.2, 0.25) is 0 Å². The Balaban J connectivity index is 1.29. The Morgan fingerprint density at radius 2 is 1.60 bits per heavy atom. The Morgan fingerprint density at radius 1 is 0.938 bits per heavy atom. The highest BCUT2D eigenvalue weighted by molar-refractivity contribution is 5.81. The summed E-state index contributed by atoms with van der Waals surface area (Å²) < 4.78 is 46.6. The summed E-state index contributed by atoms with van der Waals surface area (Å²) in [6.45, 7) is 3.82. The van der Waals surface area contributed by atoms with Crippen LogP contribution < -0.4 is 9.64 Å². The molecule has 2 aromatic rings. The van der Waals surface area contributed by atoms with Gasteiger partial charge in [-0.25, -0.2) is 0 Å². The minimum atomic E-state index is -4.49. The van der Waals surface area contributed by atoms with Gasteiger partial charge < -0.3 is 29.4 Å². The third-order valence-corrected chi connectivity index (χ3v) is 10.4. The largest absolute Gasteiger partial charge is 0.497 e. The standard InChI is InChI=1S/C36H47F3N4O5/c1-40(2)33(44)5-4-16-41-22-30(24-6-9-28(48-3)10-7-24)31(23-41)34(45)43-19-12-25(13-20-43)29-11-8-27(36(37,38)39)21-32(29)42-17-14-26(15-18-42)35(46)47/h6-11,21,25-26,30-31H,4-5,12-20,22-23H2,1-3H3,(H,46,47)/t30-,31+/m0/s1. The zero-order valence-corrected chi connectivity index (χ0v) is 28.0. The summed E-state index contributed by atoms with van der Waals surface area (Å²) in [6, 6.07) is 11.8. The molecule has 1 N–H and O–H groups in total. The maximum Gasteiger partial charge on any atom is 0.416 e. The van der Waals surface area contributed by atoms with E-state index < -0.39 is 23.6 Å². The van der Waals surface area contributed by atoms with Gasteiger partial charge in [0, 0.05) is 71.4 Å². The van der Waals surface area contributed by atoms with Crippen LogP contribution in [0, 0.1) is 11.8 Å². The minimum absolute atomic E-state index is 0.0130. The first kappa shape index (κ1) is 35.5. The molecule has 2 atom stereocenters. The lowest BCUT2D eigenvalue weighted by Crippen LogP contribution is -2.43. The fourth-order valence-corrected chi connectivity index (χ4v) is 7.54. The van der Waals surface area contributed by atoms with Crippen LogP contribution in [0.15, 0.2) is 42.5 Å². The number of nitrogens with zero attached hydrogens (tertiary/aromatic N) is 4. The highest BCUT2D eigenvalue weighted by Crippen LogP contribution is 2.41. The van der Waals surface area contributed by atoms with Crippen LogP contribution in [0.3, 0.4) is 0 Å². The highest BCUT2D eigenvalue weighted by Gasteiger charge is 2.41. The number of rotatable bonds is 10. The van der Waals surface area contributed by atoms with Gasteiger partial charge in [-0.2, -0.15) is 13.2 Å². The molecule has 0 aromatic heterocycles. The van der Waals surface area contributed by atoms with Gasteiger partial charge in [-0.3, -0.25) is 14.4 Å². The van der Waals surface area contributed by atoms with Crippen molar-refractivity contribution in [1.82, 2.24) is 14.7 Å². The van der Waals surface area contributed by atoms with Crippen LogP contribution in [-0.2, 0) is 20.6 Å². The Kier molecular flexibility index (Phi) is 11.2. The van der Waals surface area contributed by atoms with Gasteiger partial charge in [-0.1, -0.05) is 18.2 Å². The van der Waals surface area contributed by atoms with E-state index in [9.17, 15) is 32.7 Å². The number of carboxylic acids is 1. The van der Waals surface area contributed by atoms with Crippen molar-refractivity contribution in [2.75, 3.05) is 71.9 Å². The molecule has 262 valence electrons. The van der Waals surface area contributed by atoms with E-state index in [2.05, 4.69) is 4.90 Å². The molecule has 2 amide bonds. The number of aliphatic carboxylic acids is 1. The Bertz CT molecular complexity index is 1430. The van der Waals surface area contributed by atoms with Crippen molar-refractivity contribution < 1.29 is 37.4 Å². The van der Waals surface area contributed by atoms with E-state index in [0.29, 0.717) is 83.5 Å². The predicted molar refractivity (Wildman–Crippen MR) is 176 cm³/mol. The quantitative estimate of drug-likeness (QED) is 0.366. The van der Waals surface area contributed by atoms with Gasteiger partial charge in [-0.05, 0) is 80.0 Å². The second-order valence-corrected chi connectivity index (χ2v) is 13.6. The monoisotopic (exact) mass is 672 g/mol. The van der Waals surface area contributed by atoms with E-state index >= 15 is 0 Å². The summed E-state index contributed by atoms with van der Waals surface area (Å²) >= 11 is 0. The first-order valence-electron chi connectivity index (χ1n) is 16.9. The van der Waals surface area contributed by atoms with Crippen molar-refractivity contribution >= 4 is 23.5 Å².